The average Bonchev–Trinajstić information content (AvgIpc) is 2.60. The molecule has 0 aromatic heterocycles. The first-order chi connectivity index (χ1) is 12.6. The molecular formula is C18H20FN3O4S. The van der Waals surface area contributed by atoms with Crippen LogP contribution in [0.3, 0.4) is 0 Å². The van der Waals surface area contributed by atoms with Gasteiger partial charge < -0.3 is 5.32 Å². The number of hydrogen-bond acceptors (Lipinski definition) is 4. The Hall–Kier alpha value is -2.78. The van der Waals surface area contributed by atoms with Crippen LogP contribution in [0.15, 0.2) is 48.5 Å². The van der Waals surface area contributed by atoms with Crippen LogP contribution in [-0.2, 0) is 15.0 Å². The monoisotopic (exact) mass is 393 g/mol. The van der Waals surface area contributed by atoms with Gasteiger partial charge in [-0.05, 0) is 31.2 Å². The highest BCUT2D eigenvalue weighted by molar-refractivity contribution is 7.90. The van der Waals surface area contributed by atoms with Crippen molar-refractivity contribution in [1.82, 2.24) is 4.31 Å². The maximum Gasteiger partial charge on any atom is 0.304 e. The zero-order valence-electron chi connectivity index (χ0n) is 15.1. The van der Waals surface area contributed by atoms with E-state index >= 15 is 0 Å². The summed E-state index contributed by atoms with van der Waals surface area (Å²) in [6.07, 6.45) is 0. The second-order valence-electron chi connectivity index (χ2n) is 5.93. The fourth-order valence-corrected chi connectivity index (χ4v) is 3.36. The van der Waals surface area contributed by atoms with Crippen molar-refractivity contribution < 1.29 is 22.4 Å². The first-order valence-corrected chi connectivity index (χ1v) is 9.38. The van der Waals surface area contributed by atoms with Gasteiger partial charge in [-0.1, -0.05) is 24.3 Å². The molecule has 27 heavy (non-hydrogen) atoms. The number of benzene rings is 2. The number of ketones is 1. The Bertz CT molecular complexity index is 961. The molecule has 0 bridgehead atoms. The lowest BCUT2D eigenvalue weighted by atomic mass is 10.1. The van der Waals surface area contributed by atoms with Crippen LogP contribution in [0.25, 0.3) is 0 Å². The minimum absolute atomic E-state index is 0.172. The fourth-order valence-electron chi connectivity index (χ4n) is 2.29. The number of nitrogens with zero attached hydrogens (tertiary/aromatic N) is 2. The molecule has 0 heterocycles. The number of hydrogen-bond donors (Lipinski definition) is 1. The molecule has 144 valence electrons. The van der Waals surface area contributed by atoms with Crippen molar-refractivity contribution in [2.75, 3.05) is 30.3 Å². The third-order valence-corrected chi connectivity index (χ3v) is 5.51. The van der Waals surface area contributed by atoms with Gasteiger partial charge in [0.2, 0.25) is 5.91 Å². The van der Waals surface area contributed by atoms with Crippen molar-refractivity contribution in [3.8, 4) is 0 Å². The van der Waals surface area contributed by atoms with Crippen LogP contribution < -0.4 is 9.62 Å². The lowest BCUT2D eigenvalue weighted by molar-refractivity contribution is -0.114. The zero-order chi connectivity index (χ0) is 20.2. The molecule has 2 aromatic rings. The summed E-state index contributed by atoms with van der Waals surface area (Å²) in [5.41, 5.74) is 0.502. The molecule has 0 aliphatic rings. The first-order valence-electron chi connectivity index (χ1n) is 7.98. The average molecular weight is 393 g/mol. The van der Waals surface area contributed by atoms with Crippen LogP contribution in [-0.4, -0.2) is 45.1 Å². The van der Waals surface area contributed by atoms with Crippen LogP contribution in [0.4, 0.5) is 15.8 Å². The highest BCUT2D eigenvalue weighted by atomic mass is 32.2. The van der Waals surface area contributed by atoms with E-state index in [1.165, 1.54) is 45.3 Å². The van der Waals surface area contributed by atoms with Crippen LogP contribution in [0.1, 0.15) is 17.3 Å². The molecule has 9 heteroatoms. The summed E-state index contributed by atoms with van der Waals surface area (Å²) in [5.74, 6) is -1.62. The van der Waals surface area contributed by atoms with Crippen molar-refractivity contribution in [2.24, 2.45) is 0 Å². The molecule has 0 radical (unpaired) electrons. The molecule has 0 aliphatic carbocycles. The van der Waals surface area contributed by atoms with E-state index < -0.39 is 28.5 Å². The van der Waals surface area contributed by atoms with Gasteiger partial charge >= 0.3 is 10.2 Å². The number of amides is 1. The number of rotatable bonds is 7. The third kappa shape index (κ3) is 4.89. The van der Waals surface area contributed by atoms with E-state index in [1.807, 2.05) is 0 Å². The Labute approximate surface area is 157 Å². The van der Waals surface area contributed by atoms with E-state index in [4.69, 9.17) is 0 Å². The van der Waals surface area contributed by atoms with E-state index in [-0.39, 0.29) is 11.5 Å². The van der Waals surface area contributed by atoms with Crippen molar-refractivity contribution >= 4 is 33.3 Å². The van der Waals surface area contributed by atoms with Gasteiger partial charge in [0.1, 0.15) is 12.4 Å². The summed E-state index contributed by atoms with van der Waals surface area (Å²) in [4.78, 5) is 23.9. The van der Waals surface area contributed by atoms with Crippen molar-refractivity contribution in [3.05, 3.63) is 59.9 Å². The van der Waals surface area contributed by atoms with Gasteiger partial charge in [0.15, 0.2) is 5.78 Å². The van der Waals surface area contributed by atoms with Gasteiger partial charge in [0, 0.05) is 25.3 Å². The zero-order valence-corrected chi connectivity index (χ0v) is 16.0. The molecule has 0 saturated carbocycles. The maximum absolute atomic E-state index is 14.2. The van der Waals surface area contributed by atoms with Crippen molar-refractivity contribution in [3.63, 3.8) is 0 Å². The van der Waals surface area contributed by atoms with Gasteiger partial charge in [-0.15, -0.1) is 0 Å². The Morgan fingerprint density at radius 1 is 1.07 bits per heavy atom. The number of halogens is 1. The van der Waals surface area contributed by atoms with Crippen LogP contribution in [0.5, 0.6) is 0 Å². The van der Waals surface area contributed by atoms with Crippen LogP contribution in [0.2, 0.25) is 0 Å². The molecule has 1 amide bonds. The quantitative estimate of drug-likeness (QED) is 0.731. The van der Waals surface area contributed by atoms with E-state index in [9.17, 15) is 22.4 Å². The van der Waals surface area contributed by atoms with Crippen molar-refractivity contribution in [2.45, 2.75) is 6.92 Å². The van der Waals surface area contributed by atoms with Gasteiger partial charge in [-0.3, -0.25) is 9.59 Å². The second kappa shape index (κ2) is 8.28. The molecule has 2 rings (SSSR count). The third-order valence-electron chi connectivity index (χ3n) is 3.70. The van der Waals surface area contributed by atoms with Crippen molar-refractivity contribution in [1.29, 1.82) is 0 Å². The molecule has 2 aromatic carbocycles. The predicted octanol–water partition coefficient (Wildman–Crippen LogP) is 2.28. The standard InChI is InChI=1S/C18H20FN3O4S/c1-13(23)14-7-6-8-15(11-14)20-18(24)12-22(27(25,26)21(2)3)17-10-5-4-9-16(17)19/h4-11H,12H2,1-3H3,(H,20,24). The molecule has 0 saturated heterocycles. The predicted molar refractivity (Wildman–Crippen MR) is 101 cm³/mol. The Balaban J connectivity index is 2.30. The largest absolute Gasteiger partial charge is 0.324 e. The number of Topliss-reactive ketones (excluding diaryl/α,β-unsaturated/α-hetero) is 1. The number of para-hydroxylation sites is 1. The maximum atomic E-state index is 14.2. The molecule has 7 nitrogen and oxygen atoms in total. The lowest BCUT2D eigenvalue weighted by Crippen LogP contribution is -2.44. The smallest absolute Gasteiger partial charge is 0.304 e. The van der Waals surface area contributed by atoms with Crippen LogP contribution in [0, 0.1) is 5.82 Å². The minimum atomic E-state index is -4.11. The molecule has 0 aliphatic heterocycles. The molecule has 1 N–H and O–H groups in total. The topological polar surface area (TPSA) is 86.8 Å². The molecular weight excluding hydrogens is 373 g/mol. The van der Waals surface area contributed by atoms with E-state index in [1.54, 1.807) is 18.2 Å². The minimum Gasteiger partial charge on any atom is -0.324 e. The number of anilines is 2. The lowest BCUT2D eigenvalue weighted by Gasteiger charge is -2.27. The molecule has 0 spiro atoms. The Morgan fingerprint density at radius 3 is 2.33 bits per heavy atom. The highest BCUT2D eigenvalue weighted by Crippen LogP contribution is 2.23. The van der Waals surface area contributed by atoms with Gasteiger partial charge in [0.05, 0.1) is 5.69 Å². The van der Waals surface area contributed by atoms with Gasteiger partial charge in [-0.2, -0.15) is 12.7 Å². The van der Waals surface area contributed by atoms with E-state index in [0.29, 0.717) is 15.6 Å². The molecule has 0 unspecified atom stereocenters. The van der Waals surface area contributed by atoms with Crippen LogP contribution >= 0.6 is 0 Å². The van der Waals surface area contributed by atoms with Gasteiger partial charge in [-0.25, -0.2) is 8.70 Å². The SMILES string of the molecule is CC(=O)c1cccc(NC(=O)CN(c2ccccc2F)S(=O)(=O)N(C)C)c1. The summed E-state index contributed by atoms with van der Waals surface area (Å²) in [5, 5.41) is 2.53. The van der Waals surface area contributed by atoms with E-state index in [2.05, 4.69) is 5.32 Å². The number of carbonyl (C=O) groups is 2. The summed E-state index contributed by atoms with van der Waals surface area (Å²) < 4.78 is 40.9. The van der Waals surface area contributed by atoms with Gasteiger partial charge in [0.25, 0.3) is 0 Å². The Morgan fingerprint density at radius 2 is 1.74 bits per heavy atom. The molecule has 0 fully saturated rings. The number of carbonyl (C=O) groups excluding carboxylic acids is 2. The summed E-state index contributed by atoms with van der Waals surface area (Å²) in [6, 6.07) is 11.5. The van der Waals surface area contributed by atoms with E-state index in [0.717, 1.165) is 10.4 Å². The highest BCUT2D eigenvalue weighted by Gasteiger charge is 2.29. The normalized spacial score (nSPS) is 11.3. The first kappa shape index (κ1) is 20.5. The second-order valence-corrected chi connectivity index (χ2v) is 8.00. The molecule has 0 atom stereocenters. The fraction of sp³-hybridized carbons (Fsp3) is 0.222. The summed E-state index contributed by atoms with van der Waals surface area (Å²) in [6.45, 7) is 0.760. The number of nitrogens with one attached hydrogen (secondary N) is 1. The summed E-state index contributed by atoms with van der Waals surface area (Å²) in [7, 11) is -1.53. The summed E-state index contributed by atoms with van der Waals surface area (Å²) >= 11 is 0. The Kier molecular flexibility index (Phi) is 6.29.